The summed E-state index contributed by atoms with van der Waals surface area (Å²) >= 11 is 6.36. The Morgan fingerprint density at radius 1 is 0.921 bits per heavy atom. The zero-order valence-electron chi connectivity index (χ0n) is 20.8. The lowest BCUT2D eigenvalue weighted by atomic mass is 9.95. The van der Waals surface area contributed by atoms with Crippen LogP contribution in [0.3, 0.4) is 0 Å². The van der Waals surface area contributed by atoms with Gasteiger partial charge in [0.05, 0.1) is 23.2 Å². The van der Waals surface area contributed by atoms with Crippen molar-refractivity contribution in [3.8, 4) is 22.6 Å². The molecular formula is C28H23ClN4O4S. The van der Waals surface area contributed by atoms with Crippen LogP contribution in [0.2, 0.25) is 5.02 Å². The molecule has 0 aliphatic rings. The van der Waals surface area contributed by atoms with Gasteiger partial charge in [-0.2, -0.15) is 0 Å². The van der Waals surface area contributed by atoms with E-state index in [9.17, 15) is 13.2 Å². The Morgan fingerprint density at radius 2 is 1.68 bits per heavy atom. The van der Waals surface area contributed by atoms with Gasteiger partial charge in [0, 0.05) is 28.9 Å². The van der Waals surface area contributed by atoms with Gasteiger partial charge in [-0.3, -0.25) is 9.36 Å². The third-order valence-corrected chi connectivity index (χ3v) is 8.03. The van der Waals surface area contributed by atoms with Crippen molar-refractivity contribution in [3.63, 3.8) is 0 Å². The fourth-order valence-electron chi connectivity index (χ4n) is 4.37. The normalized spacial score (nSPS) is 11.5. The molecule has 3 aromatic carbocycles. The Hall–Kier alpha value is -4.21. The highest BCUT2D eigenvalue weighted by Crippen LogP contribution is 2.36. The van der Waals surface area contributed by atoms with Gasteiger partial charge < -0.3 is 4.74 Å². The summed E-state index contributed by atoms with van der Waals surface area (Å²) in [7, 11) is -2.41. The highest BCUT2D eigenvalue weighted by Gasteiger charge is 2.19. The minimum atomic E-state index is -3.95. The molecule has 0 radical (unpaired) electrons. The Morgan fingerprint density at radius 3 is 2.42 bits per heavy atom. The lowest BCUT2D eigenvalue weighted by Gasteiger charge is -2.18. The molecule has 5 aromatic rings. The number of nitrogens with zero attached hydrogens (tertiary/aromatic N) is 3. The fraction of sp³-hybridized carbons (Fsp3) is 0.107. The number of sulfonamides is 1. The van der Waals surface area contributed by atoms with Crippen LogP contribution in [0, 0.1) is 13.8 Å². The zero-order valence-corrected chi connectivity index (χ0v) is 22.3. The molecule has 0 spiro atoms. The summed E-state index contributed by atoms with van der Waals surface area (Å²) in [6, 6.07) is 18.6. The number of aromatic nitrogens is 3. The number of fused-ring (bicyclic) bond motifs is 1. The van der Waals surface area contributed by atoms with E-state index < -0.39 is 10.0 Å². The van der Waals surface area contributed by atoms with Gasteiger partial charge >= 0.3 is 0 Å². The number of nitrogens with one attached hydrogen (secondary N) is 1. The van der Waals surface area contributed by atoms with Crippen LogP contribution >= 0.6 is 11.6 Å². The topological polar surface area (TPSA) is 103 Å². The molecule has 192 valence electrons. The van der Waals surface area contributed by atoms with Crippen LogP contribution in [-0.4, -0.2) is 30.1 Å². The molecule has 5 rings (SSSR count). The molecule has 0 amide bonds. The van der Waals surface area contributed by atoms with E-state index in [4.69, 9.17) is 16.3 Å². The second kappa shape index (κ2) is 9.92. The van der Waals surface area contributed by atoms with Gasteiger partial charge in [0.25, 0.3) is 15.6 Å². The second-order valence-electron chi connectivity index (χ2n) is 8.66. The van der Waals surface area contributed by atoms with E-state index in [1.807, 2.05) is 44.2 Å². The summed E-state index contributed by atoms with van der Waals surface area (Å²) < 4.78 is 35.5. The summed E-state index contributed by atoms with van der Waals surface area (Å²) in [5, 5.41) is 1.21. The molecule has 8 nitrogen and oxygen atoms in total. The second-order valence-corrected chi connectivity index (χ2v) is 10.7. The Balaban J connectivity index is 1.64. The van der Waals surface area contributed by atoms with Crippen molar-refractivity contribution in [1.29, 1.82) is 0 Å². The van der Waals surface area contributed by atoms with Gasteiger partial charge in [0.15, 0.2) is 0 Å². The maximum atomic E-state index is 13.1. The number of pyridine rings is 1. The van der Waals surface area contributed by atoms with Crippen molar-refractivity contribution in [2.24, 2.45) is 0 Å². The Labute approximate surface area is 224 Å². The van der Waals surface area contributed by atoms with Crippen LogP contribution < -0.4 is 15.0 Å². The lowest BCUT2D eigenvalue weighted by molar-refractivity contribution is 0.413. The first-order chi connectivity index (χ1) is 18.2. The first-order valence-electron chi connectivity index (χ1n) is 11.6. The highest BCUT2D eigenvalue weighted by molar-refractivity contribution is 7.92. The summed E-state index contributed by atoms with van der Waals surface area (Å²) in [6.07, 6.45) is 2.89. The van der Waals surface area contributed by atoms with Crippen molar-refractivity contribution in [2.75, 3.05) is 11.8 Å². The highest BCUT2D eigenvalue weighted by atomic mass is 35.5. The van der Waals surface area contributed by atoms with Crippen molar-refractivity contribution in [2.45, 2.75) is 18.7 Å². The number of ether oxygens (including phenoxy) is 1. The quantitative estimate of drug-likeness (QED) is 0.300. The number of hydrogen-bond acceptors (Lipinski definition) is 6. The molecular weight excluding hydrogens is 524 g/mol. The number of hydrogen-bond donors (Lipinski definition) is 1. The van der Waals surface area contributed by atoms with Crippen LogP contribution in [0.25, 0.3) is 27.7 Å². The molecule has 10 heteroatoms. The number of anilines is 1. The number of aryl methyl sites for hydroxylation is 1. The minimum absolute atomic E-state index is 0.0116. The van der Waals surface area contributed by atoms with Gasteiger partial charge in [0.2, 0.25) is 5.95 Å². The fourth-order valence-corrected chi connectivity index (χ4v) is 5.54. The molecule has 1 N–H and O–H groups in total. The Kier molecular flexibility index (Phi) is 6.64. The predicted octanol–water partition coefficient (Wildman–Crippen LogP) is 5.53. The monoisotopic (exact) mass is 546 g/mol. The summed E-state index contributed by atoms with van der Waals surface area (Å²) in [4.78, 5) is 21.0. The molecule has 38 heavy (non-hydrogen) atoms. The van der Waals surface area contributed by atoms with Crippen molar-refractivity contribution in [1.82, 2.24) is 14.5 Å². The van der Waals surface area contributed by atoms with E-state index in [1.165, 1.54) is 35.2 Å². The Bertz CT molecular complexity index is 1860. The third kappa shape index (κ3) is 4.62. The smallest absolute Gasteiger partial charge is 0.264 e. The maximum Gasteiger partial charge on any atom is 0.264 e. The number of rotatable bonds is 6. The molecule has 0 saturated heterocycles. The van der Waals surface area contributed by atoms with Crippen molar-refractivity contribution in [3.05, 3.63) is 106 Å². The van der Waals surface area contributed by atoms with Crippen LogP contribution in [0.4, 0.5) is 5.95 Å². The first-order valence-corrected chi connectivity index (χ1v) is 13.5. The molecule has 0 bridgehead atoms. The molecule has 2 aromatic heterocycles. The minimum Gasteiger partial charge on any atom is -0.495 e. The average molecular weight is 547 g/mol. The van der Waals surface area contributed by atoms with E-state index in [-0.39, 0.29) is 16.4 Å². The molecule has 0 aliphatic carbocycles. The van der Waals surface area contributed by atoms with Crippen LogP contribution in [0.1, 0.15) is 11.1 Å². The van der Waals surface area contributed by atoms with Crippen LogP contribution in [-0.2, 0) is 10.0 Å². The molecule has 0 atom stereocenters. The molecule has 0 saturated carbocycles. The van der Waals surface area contributed by atoms with Crippen LogP contribution in [0.15, 0.2) is 88.8 Å². The first kappa shape index (κ1) is 25.4. The summed E-state index contributed by atoms with van der Waals surface area (Å²) in [5.41, 5.74) is 4.54. The van der Waals surface area contributed by atoms with Gasteiger partial charge in [-0.05, 0) is 84.6 Å². The van der Waals surface area contributed by atoms with E-state index in [0.717, 1.165) is 22.3 Å². The molecule has 0 unspecified atom stereocenters. The lowest BCUT2D eigenvalue weighted by Crippen LogP contribution is -2.19. The van der Waals surface area contributed by atoms with Crippen molar-refractivity contribution >= 4 is 38.5 Å². The standard InChI is InChI=1S/C28H23ClN4O4S/c1-17-14-25(26(37-3)16-22(17)21-6-4-7-23(29)18(21)2)33-24-10-9-20(15-19(24)8-11-27(33)34)38(35,36)32-28-30-12-5-13-31-28/h4-16H,1-3H3,(H,30,31,32). The third-order valence-electron chi connectivity index (χ3n) is 6.29. The predicted molar refractivity (Wildman–Crippen MR) is 149 cm³/mol. The molecule has 2 heterocycles. The van der Waals surface area contributed by atoms with Gasteiger partial charge in [-0.25, -0.2) is 23.1 Å². The maximum absolute atomic E-state index is 13.1. The number of benzene rings is 3. The SMILES string of the molecule is COc1cc(-c2cccc(Cl)c2C)c(C)cc1-n1c(=O)ccc2cc(S(=O)(=O)Nc3ncccn3)ccc21. The van der Waals surface area contributed by atoms with E-state index in [0.29, 0.717) is 27.4 Å². The molecule has 0 aliphatic heterocycles. The van der Waals surface area contributed by atoms with E-state index in [2.05, 4.69) is 14.7 Å². The van der Waals surface area contributed by atoms with E-state index in [1.54, 1.807) is 25.3 Å². The van der Waals surface area contributed by atoms with Gasteiger partial charge in [-0.1, -0.05) is 23.7 Å². The van der Waals surface area contributed by atoms with Gasteiger partial charge in [-0.15, -0.1) is 0 Å². The number of halogens is 1. The zero-order chi connectivity index (χ0) is 27.0. The molecule has 0 fully saturated rings. The number of methoxy groups -OCH3 is 1. The van der Waals surface area contributed by atoms with Crippen LogP contribution in [0.5, 0.6) is 5.75 Å². The van der Waals surface area contributed by atoms with Crippen molar-refractivity contribution < 1.29 is 13.2 Å². The van der Waals surface area contributed by atoms with Gasteiger partial charge in [0.1, 0.15) is 5.75 Å². The van der Waals surface area contributed by atoms with E-state index >= 15 is 0 Å². The largest absolute Gasteiger partial charge is 0.495 e. The summed E-state index contributed by atoms with van der Waals surface area (Å²) in [5.74, 6) is 0.451. The average Bonchev–Trinajstić information content (AvgIpc) is 2.90. The summed E-state index contributed by atoms with van der Waals surface area (Å²) in [6.45, 7) is 3.91.